The van der Waals surface area contributed by atoms with Gasteiger partial charge in [0.2, 0.25) is 0 Å². The van der Waals surface area contributed by atoms with Crippen LogP contribution >= 0.6 is 0 Å². The largest absolute Gasteiger partial charge is 0.241 e. The van der Waals surface area contributed by atoms with Gasteiger partial charge in [-0.05, 0) is 0 Å². The highest BCUT2D eigenvalue weighted by Crippen LogP contribution is 2.32. The van der Waals surface area contributed by atoms with E-state index in [-0.39, 0.29) is 5.52 Å². The number of aromatic nitrogens is 2. The summed E-state index contributed by atoms with van der Waals surface area (Å²) in [5.41, 5.74) is 1.44. The van der Waals surface area contributed by atoms with Crippen molar-refractivity contribution in [3.8, 4) is 22.5 Å². The number of rotatable bonds is 2. The third kappa shape index (κ3) is 2.63. The van der Waals surface area contributed by atoms with Crippen molar-refractivity contribution < 1.29 is 13.2 Å². The van der Waals surface area contributed by atoms with Gasteiger partial charge < -0.3 is 0 Å². The SMILES string of the molecule is Fc1cc(F)c2nc(-c3ccccc3)c(-c3ccccc3)nc2c1F. The third-order valence-corrected chi connectivity index (χ3v) is 3.89. The van der Waals surface area contributed by atoms with Crippen LogP contribution in [0.25, 0.3) is 33.5 Å². The molecule has 1 heterocycles. The van der Waals surface area contributed by atoms with Crippen LogP contribution in [0.1, 0.15) is 0 Å². The van der Waals surface area contributed by atoms with Crippen LogP contribution in [-0.4, -0.2) is 9.97 Å². The number of hydrogen-bond acceptors (Lipinski definition) is 2. The summed E-state index contributed by atoms with van der Waals surface area (Å²) in [5.74, 6) is -3.44. The van der Waals surface area contributed by atoms with Crippen LogP contribution in [0.4, 0.5) is 13.2 Å². The van der Waals surface area contributed by atoms with Crippen molar-refractivity contribution in [2.45, 2.75) is 0 Å². The standard InChI is InChI=1S/C20H11F3N2/c21-14-11-15(22)19-20(16(14)23)25-18(13-9-5-2-6-10-13)17(24-19)12-7-3-1-4-8-12/h1-11H. The summed E-state index contributed by atoms with van der Waals surface area (Å²) in [6.45, 7) is 0. The van der Waals surface area contributed by atoms with Crippen molar-refractivity contribution in [1.82, 2.24) is 9.97 Å². The first-order chi connectivity index (χ1) is 12.1. The molecule has 0 radical (unpaired) electrons. The second-order valence-electron chi connectivity index (χ2n) is 5.50. The predicted molar refractivity (Wildman–Crippen MR) is 90.3 cm³/mol. The van der Waals surface area contributed by atoms with Gasteiger partial charge in [0.05, 0.1) is 11.4 Å². The first-order valence-electron chi connectivity index (χ1n) is 7.61. The third-order valence-electron chi connectivity index (χ3n) is 3.89. The number of fused-ring (bicyclic) bond motifs is 1. The van der Waals surface area contributed by atoms with E-state index in [0.29, 0.717) is 28.6 Å². The van der Waals surface area contributed by atoms with Crippen LogP contribution in [0.15, 0.2) is 66.7 Å². The topological polar surface area (TPSA) is 25.8 Å². The lowest BCUT2D eigenvalue weighted by atomic mass is 10.0. The summed E-state index contributed by atoms with van der Waals surface area (Å²) in [6.07, 6.45) is 0. The summed E-state index contributed by atoms with van der Waals surface area (Å²) in [7, 11) is 0. The van der Waals surface area contributed by atoms with Crippen molar-refractivity contribution in [3.05, 3.63) is 84.2 Å². The van der Waals surface area contributed by atoms with Crippen molar-refractivity contribution in [1.29, 1.82) is 0 Å². The van der Waals surface area contributed by atoms with Gasteiger partial charge in [0.25, 0.3) is 0 Å². The molecular formula is C20H11F3N2. The van der Waals surface area contributed by atoms with Crippen molar-refractivity contribution in [2.24, 2.45) is 0 Å². The molecule has 0 aliphatic carbocycles. The van der Waals surface area contributed by atoms with Gasteiger partial charge >= 0.3 is 0 Å². The fourth-order valence-electron chi connectivity index (χ4n) is 2.71. The molecule has 0 aliphatic rings. The lowest BCUT2D eigenvalue weighted by Gasteiger charge is -2.11. The van der Waals surface area contributed by atoms with Crippen LogP contribution in [0, 0.1) is 17.5 Å². The van der Waals surface area contributed by atoms with Crippen molar-refractivity contribution in [3.63, 3.8) is 0 Å². The molecule has 5 heteroatoms. The molecule has 4 rings (SSSR count). The fourth-order valence-corrected chi connectivity index (χ4v) is 2.71. The average molecular weight is 336 g/mol. The minimum Gasteiger partial charge on any atom is -0.241 e. The molecule has 2 nitrogen and oxygen atoms in total. The molecule has 0 fully saturated rings. The van der Waals surface area contributed by atoms with E-state index in [9.17, 15) is 13.2 Å². The minimum absolute atomic E-state index is 0.294. The van der Waals surface area contributed by atoms with E-state index in [1.165, 1.54) is 0 Å². The van der Waals surface area contributed by atoms with E-state index in [4.69, 9.17) is 0 Å². The summed E-state index contributed by atoms with van der Waals surface area (Å²) in [5, 5.41) is 0. The van der Waals surface area contributed by atoms with Crippen LogP contribution in [-0.2, 0) is 0 Å². The highest BCUT2D eigenvalue weighted by Gasteiger charge is 2.20. The number of nitrogens with zero attached hydrogens (tertiary/aromatic N) is 2. The van der Waals surface area contributed by atoms with E-state index >= 15 is 0 Å². The van der Waals surface area contributed by atoms with Crippen LogP contribution in [0.5, 0.6) is 0 Å². The predicted octanol–water partition coefficient (Wildman–Crippen LogP) is 5.38. The molecule has 25 heavy (non-hydrogen) atoms. The van der Waals surface area contributed by atoms with Gasteiger partial charge in [-0.1, -0.05) is 60.7 Å². The first kappa shape index (κ1) is 15.3. The molecule has 0 saturated carbocycles. The van der Waals surface area contributed by atoms with Gasteiger partial charge in [0.15, 0.2) is 17.5 Å². The maximum absolute atomic E-state index is 14.2. The average Bonchev–Trinajstić information content (AvgIpc) is 2.66. The fraction of sp³-hybridized carbons (Fsp3) is 0. The Morgan fingerprint density at radius 2 is 1.04 bits per heavy atom. The van der Waals surface area contributed by atoms with Crippen LogP contribution < -0.4 is 0 Å². The van der Waals surface area contributed by atoms with E-state index in [1.54, 1.807) is 36.4 Å². The molecule has 1 aromatic heterocycles. The number of halogens is 3. The second-order valence-corrected chi connectivity index (χ2v) is 5.50. The van der Waals surface area contributed by atoms with E-state index < -0.39 is 23.0 Å². The summed E-state index contributed by atoms with van der Waals surface area (Å²) in [4.78, 5) is 8.50. The monoisotopic (exact) mass is 336 g/mol. The minimum atomic E-state index is -1.29. The molecule has 0 spiro atoms. The Hall–Kier alpha value is -3.21. The van der Waals surface area contributed by atoms with Crippen molar-refractivity contribution in [2.75, 3.05) is 0 Å². The second kappa shape index (κ2) is 6.02. The lowest BCUT2D eigenvalue weighted by molar-refractivity contribution is 0.503. The molecule has 4 aromatic rings. The van der Waals surface area contributed by atoms with E-state index in [2.05, 4.69) is 9.97 Å². The number of benzene rings is 3. The maximum atomic E-state index is 14.2. The Morgan fingerprint density at radius 1 is 0.560 bits per heavy atom. The lowest BCUT2D eigenvalue weighted by Crippen LogP contribution is -2.01. The van der Waals surface area contributed by atoms with Gasteiger partial charge in [0, 0.05) is 17.2 Å². The summed E-state index contributed by atoms with van der Waals surface area (Å²) in [6, 6.07) is 18.6. The van der Waals surface area contributed by atoms with Gasteiger partial charge in [0.1, 0.15) is 11.0 Å². The molecule has 0 saturated heterocycles. The Labute approximate surface area is 141 Å². The maximum Gasteiger partial charge on any atom is 0.186 e. The summed E-state index contributed by atoms with van der Waals surface area (Å²) < 4.78 is 41.9. The zero-order valence-electron chi connectivity index (χ0n) is 12.9. The normalized spacial score (nSPS) is 11.0. The zero-order valence-corrected chi connectivity index (χ0v) is 12.9. The molecular weight excluding hydrogens is 325 g/mol. The Kier molecular flexibility index (Phi) is 3.69. The molecule has 3 aromatic carbocycles. The van der Waals surface area contributed by atoms with Crippen molar-refractivity contribution >= 4 is 11.0 Å². The van der Waals surface area contributed by atoms with Gasteiger partial charge in [-0.2, -0.15) is 0 Å². The van der Waals surface area contributed by atoms with Gasteiger partial charge in [-0.25, -0.2) is 23.1 Å². The molecule has 0 atom stereocenters. The number of hydrogen-bond donors (Lipinski definition) is 0. The zero-order chi connectivity index (χ0) is 17.4. The van der Waals surface area contributed by atoms with E-state index in [1.807, 2.05) is 24.3 Å². The highest BCUT2D eigenvalue weighted by atomic mass is 19.2. The molecule has 0 bridgehead atoms. The van der Waals surface area contributed by atoms with Crippen LogP contribution in [0.2, 0.25) is 0 Å². The molecule has 122 valence electrons. The summed E-state index contributed by atoms with van der Waals surface area (Å²) >= 11 is 0. The highest BCUT2D eigenvalue weighted by molar-refractivity contribution is 5.86. The first-order valence-corrected chi connectivity index (χ1v) is 7.61. The quantitative estimate of drug-likeness (QED) is 0.459. The Bertz CT molecular complexity index is 1060. The molecule has 0 amide bonds. The van der Waals surface area contributed by atoms with Crippen LogP contribution in [0.3, 0.4) is 0 Å². The van der Waals surface area contributed by atoms with Gasteiger partial charge in [-0.15, -0.1) is 0 Å². The Morgan fingerprint density at radius 3 is 1.56 bits per heavy atom. The molecule has 0 aliphatic heterocycles. The Balaban J connectivity index is 2.12. The molecule has 0 N–H and O–H groups in total. The molecule has 0 unspecified atom stereocenters. The van der Waals surface area contributed by atoms with Gasteiger partial charge in [-0.3, -0.25) is 0 Å². The van der Waals surface area contributed by atoms with E-state index in [0.717, 1.165) is 0 Å². The smallest absolute Gasteiger partial charge is 0.186 e.